The van der Waals surface area contributed by atoms with Crippen LogP contribution in [0.15, 0.2) is 0 Å². The largest absolute Gasteiger partial charge is 0.381 e. The molecule has 5 nitrogen and oxygen atoms in total. The molecule has 0 spiro atoms. The molecule has 1 heterocycles. The number of ether oxygens (including phenoxy) is 1. The molecule has 0 aromatic carbocycles. The van der Waals surface area contributed by atoms with Crippen molar-refractivity contribution < 1.29 is 9.53 Å². The minimum absolute atomic E-state index is 0.0935. The van der Waals surface area contributed by atoms with Gasteiger partial charge < -0.3 is 10.1 Å². The van der Waals surface area contributed by atoms with Gasteiger partial charge in [0.1, 0.15) is 0 Å². The lowest BCUT2D eigenvalue weighted by molar-refractivity contribution is 0.0237. The third kappa shape index (κ3) is 3.68. The third-order valence-electron chi connectivity index (χ3n) is 3.16. The molecular weight excluding hydrogens is 194 g/mol. The van der Waals surface area contributed by atoms with E-state index in [1.807, 2.05) is 0 Å². The maximum atomic E-state index is 11.0. The van der Waals surface area contributed by atoms with Gasteiger partial charge in [0.05, 0.1) is 0 Å². The second kappa shape index (κ2) is 5.32. The van der Waals surface area contributed by atoms with E-state index in [0.29, 0.717) is 12.5 Å². The Bertz CT molecular complexity index is 213. The first-order chi connectivity index (χ1) is 7.06. The fraction of sp³-hybridized carbons (Fsp3) is 0.900. The fourth-order valence-electron chi connectivity index (χ4n) is 1.98. The lowest BCUT2D eigenvalue weighted by atomic mass is 9.74. The molecule has 1 fully saturated rings. The molecule has 0 aromatic rings. The number of hydrogen-bond donors (Lipinski definition) is 3. The summed E-state index contributed by atoms with van der Waals surface area (Å²) < 4.78 is 5.32. The van der Waals surface area contributed by atoms with Crippen molar-refractivity contribution in [3.63, 3.8) is 0 Å². The summed E-state index contributed by atoms with van der Waals surface area (Å²) in [6.45, 7) is 6.63. The van der Waals surface area contributed by atoms with Crippen LogP contribution in [0.25, 0.3) is 0 Å². The molecule has 1 saturated heterocycles. The topological polar surface area (TPSA) is 76.4 Å². The summed E-state index contributed by atoms with van der Waals surface area (Å²) >= 11 is 0. The fourth-order valence-corrected chi connectivity index (χ4v) is 1.98. The molecule has 0 radical (unpaired) electrons. The Kier molecular flexibility index (Phi) is 4.35. The summed E-state index contributed by atoms with van der Waals surface area (Å²) in [5.41, 5.74) is 2.16. The zero-order valence-electron chi connectivity index (χ0n) is 9.51. The van der Waals surface area contributed by atoms with E-state index in [2.05, 4.69) is 24.6 Å². The quantitative estimate of drug-likeness (QED) is 0.367. The zero-order valence-corrected chi connectivity index (χ0v) is 9.51. The number of nitrogens with two attached hydrogens (primary N) is 1. The Hall–Kier alpha value is -0.810. The number of hydrogen-bond acceptors (Lipinski definition) is 3. The smallest absolute Gasteiger partial charge is 0.328 e. The molecule has 0 aromatic heterocycles. The standard InChI is InChI=1S/C10H21N3O2/c1-10(2,7-12-9(14)13-11)8-3-5-15-6-4-8/h8H,3-7,11H2,1-2H3,(H2,12,13,14). The van der Waals surface area contributed by atoms with Crippen LogP contribution >= 0.6 is 0 Å². The summed E-state index contributed by atoms with van der Waals surface area (Å²) in [7, 11) is 0. The van der Waals surface area contributed by atoms with E-state index in [1.54, 1.807) is 0 Å². The molecule has 15 heavy (non-hydrogen) atoms. The molecular formula is C10H21N3O2. The second-order valence-corrected chi connectivity index (χ2v) is 4.70. The van der Waals surface area contributed by atoms with Crippen molar-refractivity contribution in [3.05, 3.63) is 0 Å². The molecule has 0 atom stereocenters. The van der Waals surface area contributed by atoms with Gasteiger partial charge in [-0.1, -0.05) is 13.8 Å². The van der Waals surface area contributed by atoms with Crippen molar-refractivity contribution in [1.29, 1.82) is 0 Å². The zero-order chi connectivity index (χ0) is 11.3. The molecule has 5 heteroatoms. The molecule has 0 aliphatic carbocycles. The van der Waals surface area contributed by atoms with Crippen LogP contribution in [0.1, 0.15) is 26.7 Å². The number of nitrogens with one attached hydrogen (secondary N) is 2. The number of rotatable bonds is 3. The molecule has 1 aliphatic rings. The van der Waals surface area contributed by atoms with Crippen LogP contribution in [0.4, 0.5) is 4.79 Å². The van der Waals surface area contributed by atoms with Gasteiger partial charge >= 0.3 is 6.03 Å². The minimum Gasteiger partial charge on any atom is -0.381 e. The van der Waals surface area contributed by atoms with E-state index in [4.69, 9.17) is 10.6 Å². The Morgan fingerprint density at radius 3 is 2.60 bits per heavy atom. The molecule has 0 saturated carbocycles. The van der Waals surface area contributed by atoms with E-state index < -0.39 is 0 Å². The molecule has 88 valence electrons. The van der Waals surface area contributed by atoms with Crippen molar-refractivity contribution in [3.8, 4) is 0 Å². The van der Waals surface area contributed by atoms with Gasteiger partial charge in [-0.15, -0.1) is 0 Å². The maximum Gasteiger partial charge on any atom is 0.328 e. The molecule has 0 bridgehead atoms. The van der Waals surface area contributed by atoms with Crippen molar-refractivity contribution >= 4 is 6.03 Å². The van der Waals surface area contributed by atoms with Crippen molar-refractivity contribution in [2.75, 3.05) is 19.8 Å². The van der Waals surface area contributed by atoms with Gasteiger partial charge in [0.25, 0.3) is 0 Å². The van der Waals surface area contributed by atoms with E-state index in [-0.39, 0.29) is 11.4 Å². The second-order valence-electron chi connectivity index (χ2n) is 4.70. The first-order valence-electron chi connectivity index (χ1n) is 5.38. The number of hydrazine groups is 1. The highest BCUT2D eigenvalue weighted by atomic mass is 16.5. The van der Waals surface area contributed by atoms with Gasteiger partial charge in [0, 0.05) is 19.8 Å². The molecule has 2 amide bonds. The first kappa shape index (κ1) is 12.3. The van der Waals surface area contributed by atoms with Crippen LogP contribution in [0.3, 0.4) is 0 Å². The summed E-state index contributed by atoms with van der Waals surface area (Å²) in [6.07, 6.45) is 2.14. The normalized spacial score (nSPS) is 18.6. The van der Waals surface area contributed by atoms with Crippen LogP contribution in [-0.2, 0) is 4.74 Å². The SMILES string of the molecule is CC(C)(CNC(=O)NN)C1CCOCC1. The predicted molar refractivity (Wildman–Crippen MR) is 58.0 cm³/mol. The summed E-state index contributed by atoms with van der Waals surface area (Å²) in [4.78, 5) is 11.0. The molecule has 4 N–H and O–H groups in total. The van der Waals surface area contributed by atoms with Crippen LogP contribution in [0.2, 0.25) is 0 Å². The average molecular weight is 215 g/mol. The number of amides is 2. The number of carbonyl (C=O) groups is 1. The van der Waals surface area contributed by atoms with Gasteiger partial charge in [-0.3, -0.25) is 5.43 Å². The summed E-state index contributed by atoms with van der Waals surface area (Å²) in [5, 5.41) is 2.75. The summed E-state index contributed by atoms with van der Waals surface area (Å²) in [5.74, 6) is 5.60. The van der Waals surface area contributed by atoms with Gasteiger partial charge in [-0.2, -0.15) is 0 Å². The first-order valence-corrected chi connectivity index (χ1v) is 5.38. The van der Waals surface area contributed by atoms with E-state index in [1.165, 1.54) is 0 Å². The predicted octanol–water partition coefficient (Wildman–Crippen LogP) is 0.612. The van der Waals surface area contributed by atoms with Crippen LogP contribution in [0, 0.1) is 11.3 Å². The van der Waals surface area contributed by atoms with Gasteiger partial charge in [-0.05, 0) is 24.2 Å². The van der Waals surface area contributed by atoms with Crippen LogP contribution < -0.4 is 16.6 Å². The number of urea groups is 1. The lowest BCUT2D eigenvalue weighted by Crippen LogP contribution is -2.46. The van der Waals surface area contributed by atoms with E-state index in [0.717, 1.165) is 26.1 Å². The number of carbonyl (C=O) groups excluding carboxylic acids is 1. The Morgan fingerprint density at radius 2 is 2.07 bits per heavy atom. The average Bonchev–Trinajstić information content (AvgIpc) is 2.27. The lowest BCUT2D eigenvalue weighted by Gasteiger charge is -2.36. The Morgan fingerprint density at radius 1 is 1.47 bits per heavy atom. The Balaban J connectivity index is 2.38. The van der Waals surface area contributed by atoms with Crippen molar-refractivity contribution in [1.82, 2.24) is 10.7 Å². The molecule has 0 unspecified atom stereocenters. The van der Waals surface area contributed by atoms with Crippen LogP contribution in [-0.4, -0.2) is 25.8 Å². The monoisotopic (exact) mass is 215 g/mol. The third-order valence-corrected chi connectivity index (χ3v) is 3.16. The van der Waals surface area contributed by atoms with E-state index in [9.17, 15) is 4.79 Å². The summed E-state index contributed by atoms with van der Waals surface area (Å²) in [6, 6.07) is -0.324. The van der Waals surface area contributed by atoms with Crippen molar-refractivity contribution in [2.45, 2.75) is 26.7 Å². The highest BCUT2D eigenvalue weighted by Gasteiger charge is 2.31. The van der Waals surface area contributed by atoms with E-state index >= 15 is 0 Å². The highest BCUT2D eigenvalue weighted by molar-refractivity contribution is 5.73. The molecule has 1 aliphatic heterocycles. The van der Waals surface area contributed by atoms with Gasteiger partial charge in [0.2, 0.25) is 0 Å². The minimum atomic E-state index is -0.324. The van der Waals surface area contributed by atoms with Gasteiger partial charge in [0.15, 0.2) is 0 Å². The van der Waals surface area contributed by atoms with Crippen molar-refractivity contribution in [2.24, 2.45) is 17.2 Å². The maximum absolute atomic E-state index is 11.0. The van der Waals surface area contributed by atoms with Gasteiger partial charge in [-0.25, -0.2) is 10.6 Å². The highest BCUT2D eigenvalue weighted by Crippen LogP contribution is 2.33. The van der Waals surface area contributed by atoms with Crippen LogP contribution in [0.5, 0.6) is 0 Å². The molecule has 1 rings (SSSR count). The Labute approximate surface area is 90.7 Å².